The van der Waals surface area contributed by atoms with Crippen molar-refractivity contribution in [1.82, 2.24) is 4.31 Å². The zero-order chi connectivity index (χ0) is 15.8. The van der Waals surface area contributed by atoms with Gasteiger partial charge in [0.1, 0.15) is 10.7 Å². The van der Waals surface area contributed by atoms with E-state index >= 15 is 0 Å². The number of halogens is 1. The van der Waals surface area contributed by atoms with Crippen LogP contribution in [0.1, 0.15) is 26.3 Å². The quantitative estimate of drug-likeness (QED) is 0.917. The Morgan fingerprint density at radius 3 is 2.71 bits per heavy atom. The predicted octanol–water partition coefficient (Wildman–Crippen LogP) is 1.51. The number of nitrogens with zero attached hydrogens (tertiary/aromatic N) is 1. The van der Waals surface area contributed by atoms with E-state index in [-0.39, 0.29) is 25.8 Å². The Morgan fingerprint density at radius 2 is 2.14 bits per heavy atom. The fourth-order valence-electron chi connectivity index (χ4n) is 2.56. The van der Waals surface area contributed by atoms with Gasteiger partial charge >= 0.3 is 0 Å². The first kappa shape index (κ1) is 16.4. The second-order valence-corrected chi connectivity index (χ2v) is 7.81. The molecule has 0 saturated carbocycles. The van der Waals surface area contributed by atoms with Gasteiger partial charge in [-0.2, -0.15) is 4.31 Å². The van der Waals surface area contributed by atoms with E-state index in [1.54, 1.807) is 20.8 Å². The average Bonchev–Trinajstić information content (AvgIpc) is 2.36. The summed E-state index contributed by atoms with van der Waals surface area (Å²) in [6, 6.07) is 3.60. The monoisotopic (exact) mass is 317 g/mol. The lowest BCUT2D eigenvalue weighted by Crippen LogP contribution is -2.53. The third kappa shape index (κ3) is 3.42. The molecule has 2 rings (SSSR count). The van der Waals surface area contributed by atoms with Crippen LogP contribution in [0.2, 0.25) is 0 Å². The van der Waals surface area contributed by atoms with Crippen molar-refractivity contribution < 1.29 is 22.7 Å². The molecule has 118 valence electrons. The van der Waals surface area contributed by atoms with Gasteiger partial charge in [-0.25, -0.2) is 12.8 Å². The Labute approximate surface area is 124 Å². The Kier molecular flexibility index (Phi) is 4.39. The number of aliphatic hydroxyl groups is 1. The predicted molar refractivity (Wildman–Crippen MR) is 75.7 cm³/mol. The third-order valence-electron chi connectivity index (χ3n) is 3.33. The van der Waals surface area contributed by atoms with Crippen LogP contribution in [0.3, 0.4) is 0 Å². The molecule has 21 heavy (non-hydrogen) atoms. The first-order valence-electron chi connectivity index (χ1n) is 6.73. The Bertz CT molecular complexity index is 630. The van der Waals surface area contributed by atoms with Crippen LogP contribution < -0.4 is 0 Å². The number of ether oxygens (including phenoxy) is 1. The molecule has 0 spiro atoms. The first-order valence-corrected chi connectivity index (χ1v) is 8.17. The Balaban J connectivity index is 2.42. The van der Waals surface area contributed by atoms with Crippen molar-refractivity contribution >= 4 is 10.0 Å². The molecule has 0 aromatic heterocycles. The number of rotatable bonds is 3. The van der Waals surface area contributed by atoms with Gasteiger partial charge in [0.05, 0.1) is 18.3 Å². The van der Waals surface area contributed by atoms with E-state index in [1.807, 2.05) is 0 Å². The molecule has 1 aliphatic rings. The van der Waals surface area contributed by atoms with Gasteiger partial charge in [-0.1, -0.05) is 6.07 Å². The van der Waals surface area contributed by atoms with E-state index in [9.17, 15) is 12.8 Å². The van der Waals surface area contributed by atoms with Crippen molar-refractivity contribution in [2.24, 2.45) is 0 Å². The van der Waals surface area contributed by atoms with Gasteiger partial charge in [-0.15, -0.1) is 0 Å². The number of hydrogen-bond acceptors (Lipinski definition) is 4. The van der Waals surface area contributed by atoms with Crippen LogP contribution in [-0.4, -0.2) is 42.6 Å². The van der Waals surface area contributed by atoms with Gasteiger partial charge < -0.3 is 9.84 Å². The number of sulfonamides is 1. The molecule has 0 amide bonds. The smallest absolute Gasteiger partial charge is 0.246 e. The normalized spacial score (nSPS) is 23.2. The lowest BCUT2D eigenvalue weighted by atomic mass is 10.1. The molecule has 0 bridgehead atoms. The summed E-state index contributed by atoms with van der Waals surface area (Å²) >= 11 is 0. The Morgan fingerprint density at radius 1 is 1.48 bits per heavy atom. The lowest BCUT2D eigenvalue weighted by molar-refractivity contribution is -0.109. The molecular formula is C14H20FNO4S. The largest absolute Gasteiger partial charge is 0.392 e. The summed E-state index contributed by atoms with van der Waals surface area (Å²) in [7, 11) is -3.96. The number of aliphatic hydroxyl groups excluding tert-OH is 1. The molecular weight excluding hydrogens is 297 g/mol. The second-order valence-electron chi connectivity index (χ2n) is 5.91. The summed E-state index contributed by atoms with van der Waals surface area (Å²) in [4.78, 5) is -0.404. The molecule has 0 aliphatic carbocycles. The average molecular weight is 317 g/mol. The zero-order valence-corrected chi connectivity index (χ0v) is 13.2. The summed E-state index contributed by atoms with van der Waals surface area (Å²) in [6.07, 6.45) is -0.271. The van der Waals surface area contributed by atoms with Gasteiger partial charge in [0.2, 0.25) is 10.0 Å². The van der Waals surface area contributed by atoms with Crippen LogP contribution in [-0.2, 0) is 21.4 Å². The van der Waals surface area contributed by atoms with E-state index in [1.165, 1.54) is 16.4 Å². The fourth-order valence-corrected chi connectivity index (χ4v) is 4.34. The van der Waals surface area contributed by atoms with Gasteiger partial charge in [0, 0.05) is 13.1 Å². The number of morpholine rings is 1. The molecule has 1 saturated heterocycles. The molecule has 1 aromatic rings. The molecule has 1 heterocycles. The number of hydrogen-bond donors (Lipinski definition) is 1. The van der Waals surface area contributed by atoms with Crippen LogP contribution in [0, 0.1) is 5.82 Å². The first-order chi connectivity index (χ1) is 9.65. The van der Waals surface area contributed by atoms with Crippen LogP contribution in [0.25, 0.3) is 0 Å². The molecule has 5 nitrogen and oxygen atoms in total. The third-order valence-corrected chi connectivity index (χ3v) is 5.16. The highest BCUT2D eigenvalue weighted by Crippen LogP contribution is 2.28. The van der Waals surface area contributed by atoms with Crippen molar-refractivity contribution in [3.63, 3.8) is 0 Å². The van der Waals surface area contributed by atoms with Crippen molar-refractivity contribution in [2.45, 2.75) is 44.0 Å². The van der Waals surface area contributed by atoms with Crippen molar-refractivity contribution in [2.75, 3.05) is 13.1 Å². The van der Waals surface area contributed by atoms with E-state index in [0.717, 1.165) is 6.07 Å². The van der Waals surface area contributed by atoms with E-state index in [4.69, 9.17) is 9.84 Å². The highest BCUT2D eigenvalue weighted by Gasteiger charge is 2.38. The highest BCUT2D eigenvalue weighted by molar-refractivity contribution is 7.89. The highest BCUT2D eigenvalue weighted by atomic mass is 32.2. The molecule has 1 fully saturated rings. The van der Waals surface area contributed by atoms with Crippen molar-refractivity contribution in [3.05, 3.63) is 29.6 Å². The molecule has 1 unspecified atom stereocenters. The van der Waals surface area contributed by atoms with Crippen LogP contribution in [0.15, 0.2) is 23.1 Å². The standard InChI is InChI=1S/C14H20FNO4S/c1-10-7-16(9-14(2,3)20-10)21(18,19)13-6-11(8-17)4-5-12(13)15/h4-6,10,17H,7-9H2,1-3H3. The van der Waals surface area contributed by atoms with Crippen molar-refractivity contribution in [3.8, 4) is 0 Å². The fraction of sp³-hybridized carbons (Fsp3) is 0.571. The molecule has 1 aliphatic heterocycles. The lowest BCUT2D eigenvalue weighted by Gasteiger charge is -2.40. The van der Waals surface area contributed by atoms with Gasteiger partial charge in [-0.3, -0.25) is 0 Å². The van der Waals surface area contributed by atoms with Gasteiger partial charge in [0.25, 0.3) is 0 Å². The maximum atomic E-state index is 13.9. The maximum Gasteiger partial charge on any atom is 0.246 e. The summed E-state index contributed by atoms with van der Waals surface area (Å²) in [5.74, 6) is -0.816. The van der Waals surface area contributed by atoms with E-state index < -0.39 is 26.3 Å². The summed E-state index contributed by atoms with van der Waals surface area (Å²) in [5, 5.41) is 9.10. The van der Waals surface area contributed by atoms with Crippen LogP contribution in [0.4, 0.5) is 4.39 Å². The molecule has 1 aromatic carbocycles. The summed E-state index contributed by atoms with van der Waals surface area (Å²) < 4.78 is 46.2. The molecule has 1 atom stereocenters. The Hall–Kier alpha value is -1.02. The van der Waals surface area contributed by atoms with Gasteiger partial charge in [0.15, 0.2) is 0 Å². The number of benzene rings is 1. The minimum Gasteiger partial charge on any atom is -0.392 e. The summed E-state index contributed by atoms with van der Waals surface area (Å²) in [6.45, 7) is 5.37. The second kappa shape index (κ2) is 5.64. The van der Waals surface area contributed by atoms with E-state index in [0.29, 0.717) is 5.56 Å². The summed E-state index contributed by atoms with van der Waals surface area (Å²) in [5.41, 5.74) is -0.272. The van der Waals surface area contributed by atoms with Crippen LogP contribution >= 0.6 is 0 Å². The van der Waals surface area contributed by atoms with E-state index in [2.05, 4.69) is 0 Å². The maximum absolute atomic E-state index is 13.9. The zero-order valence-electron chi connectivity index (χ0n) is 12.3. The minimum atomic E-state index is -3.96. The minimum absolute atomic E-state index is 0.155. The van der Waals surface area contributed by atoms with Crippen LogP contribution in [0.5, 0.6) is 0 Å². The molecule has 0 radical (unpaired) electrons. The van der Waals surface area contributed by atoms with Crippen molar-refractivity contribution in [1.29, 1.82) is 0 Å². The molecule has 7 heteroatoms. The SMILES string of the molecule is CC1CN(S(=O)(=O)c2cc(CO)ccc2F)CC(C)(C)O1. The molecule has 1 N–H and O–H groups in total. The van der Waals surface area contributed by atoms with Gasteiger partial charge in [-0.05, 0) is 38.5 Å². The topological polar surface area (TPSA) is 66.8 Å².